The van der Waals surface area contributed by atoms with Crippen LogP contribution in [0.1, 0.15) is 31.3 Å². The van der Waals surface area contributed by atoms with Gasteiger partial charge in [0.25, 0.3) is 0 Å². The number of aryl methyl sites for hydroxylation is 2. The van der Waals surface area contributed by atoms with Crippen LogP contribution in [-0.2, 0) is 13.5 Å². The van der Waals surface area contributed by atoms with Crippen LogP contribution in [0.15, 0.2) is 24.3 Å². The number of aromatic nitrogens is 3. The third kappa shape index (κ3) is 2.84. The molecule has 1 heterocycles. The van der Waals surface area contributed by atoms with Crippen LogP contribution in [0.4, 0.5) is 0 Å². The van der Waals surface area contributed by atoms with Crippen molar-refractivity contribution >= 4 is 0 Å². The summed E-state index contributed by atoms with van der Waals surface area (Å²) in [6.07, 6.45) is 0.902. The Morgan fingerprint density at radius 1 is 1.21 bits per heavy atom. The number of benzene rings is 1. The van der Waals surface area contributed by atoms with E-state index in [9.17, 15) is 0 Å². The highest BCUT2D eigenvalue weighted by Crippen LogP contribution is 2.21. The van der Waals surface area contributed by atoms with E-state index in [4.69, 9.17) is 0 Å². The molecular weight excluding hydrogens is 236 g/mol. The SMILES string of the molecule is CCc1nc(-c2ccc(C(C)N(C)C)cc2)nn1C. The number of nitrogens with zero attached hydrogens (tertiary/aromatic N) is 4. The van der Waals surface area contributed by atoms with Crippen LogP contribution in [0.2, 0.25) is 0 Å². The largest absolute Gasteiger partial charge is 0.303 e. The molecule has 19 heavy (non-hydrogen) atoms. The van der Waals surface area contributed by atoms with Gasteiger partial charge in [-0.3, -0.25) is 4.68 Å². The maximum atomic E-state index is 4.55. The van der Waals surface area contributed by atoms with Gasteiger partial charge in [0.05, 0.1) is 0 Å². The van der Waals surface area contributed by atoms with Crippen molar-refractivity contribution in [3.8, 4) is 11.4 Å². The maximum Gasteiger partial charge on any atom is 0.181 e. The Bertz CT molecular complexity index is 540. The van der Waals surface area contributed by atoms with Crippen molar-refractivity contribution in [3.05, 3.63) is 35.7 Å². The lowest BCUT2D eigenvalue weighted by Crippen LogP contribution is -2.16. The quantitative estimate of drug-likeness (QED) is 0.845. The van der Waals surface area contributed by atoms with Gasteiger partial charge < -0.3 is 4.90 Å². The molecule has 0 spiro atoms. The summed E-state index contributed by atoms with van der Waals surface area (Å²) < 4.78 is 1.85. The fraction of sp³-hybridized carbons (Fsp3) is 0.467. The number of rotatable bonds is 4. The van der Waals surface area contributed by atoms with E-state index < -0.39 is 0 Å². The molecule has 2 aromatic rings. The zero-order valence-corrected chi connectivity index (χ0v) is 12.4. The smallest absolute Gasteiger partial charge is 0.181 e. The number of hydrogen-bond acceptors (Lipinski definition) is 3. The first kappa shape index (κ1) is 13.7. The zero-order chi connectivity index (χ0) is 14.0. The zero-order valence-electron chi connectivity index (χ0n) is 12.4. The van der Waals surface area contributed by atoms with Crippen LogP contribution >= 0.6 is 0 Å². The molecule has 0 bridgehead atoms. The van der Waals surface area contributed by atoms with Gasteiger partial charge in [-0.05, 0) is 26.6 Å². The monoisotopic (exact) mass is 258 g/mol. The highest BCUT2D eigenvalue weighted by molar-refractivity contribution is 5.55. The van der Waals surface area contributed by atoms with Crippen LogP contribution in [0.5, 0.6) is 0 Å². The average molecular weight is 258 g/mol. The van der Waals surface area contributed by atoms with Crippen molar-refractivity contribution in [2.75, 3.05) is 14.1 Å². The summed E-state index contributed by atoms with van der Waals surface area (Å²) in [6.45, 7) is 4.29. The molecular formula is C15H22N4. The van der Waals surface area contributed by atoms with Crippen LogP contribution in [0.25, 0.3) is 11.4 Å². The van der Waals surface area contributed by atoms with E-state index in [1.54, 1.807) is 0 Å². The normalized spacial score (nSPS) is 12.9. The minimum atomic E-state index is 0.414. The molecule has 0 N–H and O–H groups in total. The van der Waals surface area contributed by atoms with Crippen molar-refractivity contribution in [1.29, 1.82) is 0 Å². The lowest BCUT2D eigenvalue weighted by molar-refractivity contribution is 0.321. The van der Waals surface area contributed by atoms with E-state index in [-0.39, 0.29) is 0 Å². The summed E-state index contributed by atoms with van der Waals surface area (Å²) >= 11 is 0. The first-order valence-electron chi connectivity index (χ1n) is 6.69. The van der Waals surface area contributed by atoms with Gasteiger partial charge in [0.2, 0.25) is 0 Å². The summed E-state index contributed by atoms with van der Waals surface area (Å²) in [5.74, 6) is 1.82. The van der Waals surface area contributed by atoms with Crippen LogP contribution in [0, 0.1) is 0 Å². The molecule has 1 unspecified atom stereocenters. The Morgan fingerprint density at radius 3 is 2.32 bits per heavy atom. The lowest BCUT2D eigenvalue weighted by Gasteiger charge is -2.20. The molecule has 0 aliphatic carbocycles. The molecule has 1 aromatic heterocycles. The minimum Gasteiger partial charge on any atom is -0.303 e. The van der Waals surface area contributed by atoms with E-state index in [1.807, 2.05) is 11.7 Å². The van der Waals surface area contributed by atoms with Crippen LogP contribution in [0.3, 0.4) is 0 Å². The third-order valence-electron chi connectivity index (χ3n) is 3.60. The Hall–Kier alpha value is -1.68. The van der Waals surface area contributed by atoms with E-state index in [2.05, 4.69) is 67.2 Å². The standard InChI is InChI=1S/C15H22N4/c1-6-14-16-15(17-19(14)5)13-9-7-12(8-10-13)11(2)18(3)4/h7-11H,6H2,1-5H3. The van der Waals surface area contributed by atoms with Crippen molar-refractivity contribution in [2.24, 2.45) is 7.05 Å². The Labute approximate surface area is 115 Å². The Morgan fingerprint density at radius 2 is 1.84 bits per heavy atom. The predicted molar refractivity (Wildman–Crippen MR) is 77.9 cm³/mol. The molecule has 0 saturated heterocycles. The fourth-order valence-electron chi connectivity index (χ4n) is 2.06. The third-order valence-corrected chi connectivity index (χ3v) is 3.60. The van der Waals surface area contributed by atoms with E-state index in [0.29, 0.717) is 6.04 Å². The highest BCUT2D eigenvalue weighted by atomic mass is 15.3. The van der Waals surface area contributed by atoms with Gasteiger partial charge in [0.15, 0.2) is 5.82 Å². The predicted octanol–water partition coefficient (Wildman–Crippen LogP) is 2.67. The molecule has 0 aliphatic rings. The second-order valence-electron chi connectivity index (χ2n) is 5.09. The number of hydrogen-bond donors (Lipinski definition) is 0. The summed E-state index contributed by atoms with van der Waals surface area (Å²) in [4.78, 5) is 6.75. The first-order chi connectivity index (χ1) is 9.02. The summed E-state index contributed by atoms with van der Waals surface area (Å²) in [5.41, 5.74) is 2.38. The Kier molecular flexibility index (Phi) is 4.00. The van der Waals surface area contributed by atoms with E-state index in [0.717, 1.165) is 23.6 Å². The van der Waals surface area contributed by atoms with Crippen molar-refractivity contribution in [3.63, 3.8) is 0 Å². The molecule has 4 nitrogen and oxygen atoms in total. The van der Waals surface area contributed by atoms with Gasteiger partial charge in [-0.25, -0.2) is 4.98 Å². The second kappa shape index (κ2) is 5.53. The Balaban J connectivity index is 2.27. The van der Waals surface area contributed by atoms with Gasteiger partial charge in [0, 0.05) is 25.1 Å². The fourth-order valence-corrected chi connectivity index (χ4v) is 2.06. The highest BCUT2D eigenvalue weighted by Gasteiger charge is 2.10. The molecule has 0 amide bonds. The van der Waals surface area contributed by atoms with Crippen molar-refractivity contribution in [1.82, 2.24) is 19.7 Å². The lowest BCUT2D eigenvalue weighted by atomic mass is 10.1. The molecule has 0 saturated carbocycles. The van der Waals surface area contributed by atoms with Crippen LogP contribution < -0.4 is 0 Å². The molecule has 102 valence electrons. The van der Waals surface area contributed by atoms with Gasteiger partial charge in [-0.15, -0.1) is 0 Å². The topological polar surface area (TPSA) is 34.0 Å². The molecule has 0 fully saturated rings. The van der Waals surface area contributed by atoms with Crippen molar-refractivity contribution in [2.45, 2.75) is 26.3 Å². The summed E-state index contributed by atoms with van der Waals surface area (Å²) in [7, 11) is 6.12. The molecule has 1 aromatic carbocycles. The van der Waals surface area contributed by atoms with Gasteiger partial charge in [0.1, 0.15) is 5.82 Å². The molecule has 4 heteroatoms. The molecule has 2 rings (SSSR count). The van der Waals surface area contributed by atoms with E-state index >= 15 is 0 Å². The van der Waals surface area contributed by atoms with Gasteiger partial charge >= 0.3 is 0 Å². The average Bonchev–Trinajstić information content (AvgIpc) is 2.79. The van der Waals surface area contributed by atoms with E-state index in [1.165, 1.54) is 5.56 Å². The van der Waals surface area contributed by atoms with Crippen molar-refractivity contribution < 1.29 is 0 Å². The maximum absolute atomic E-state index is 4.55. The van der Waals surface area contributed by atoms with Gasteiger partial charge in [-0.2, -0.15) is 5.10 Å². The summed E-state index contributed by atoms with van der Waals surface area (Å²) in [6, 6.07) is 8.93. The van der Waals surface area contributed by atoms with Gasteiger partial charge in [-0.1, -0.05) is 31.2 Å². The van der Waals surface area contributed by atoms with Crippen LogP contribution in [-0.4, -0.2) is 33.8 Å². The first-order valence-corrected chi connectivity index (χ1v) is 6.69. The summed E-state index contributed by atoms with van der Waals surface area (Å²) in [5, 5.41) is 4.46. The molecule has 0 radical (unpaired) electrons. The molecule has 0 aliphatic heterocycles. The molecule has 1 atom stereocenters. The second-order valence-corrected chi connectivity index (χ2v) is 5.09. The minimum absolute atomic E-state index is 0.414.